The number of benzene rings is 2. The molecule has 0 atom stereocenters. The Kier molecular flexibility index (Phi) is 6.25. The van der Waals surface area contributed by atoms with Crippen LogP contribution in [0.1, 0.15) is 48.2 Å². The van der Waals surface area contributed by atoms with Crippen molar-refractivity contribution in [3.8, 4) is 11.3 Å². The van der Waals surface area contributed by atoms with Gasteiger partial charge in [-0.3, -0.25) is 4.79 Å². The average molecular weight is 487 g/mol. The van der Waals surface area contributed by atoms with Crippen LogP contribution >= 0.6 is 0 Å². The van der Waals surface area contributed by atoms with Gasteiger partial charge in [0.05, 0.1) is 23.5 Å². The molecular weight excluding hydrogens is 465 g/mol. The van der Waals surface area contributed by atoms with E-state index in [1.54, 1.807) is 0 Å². The highest BCUT2D eigenvalue weighted by Crippen LogP contribution is 2.35. The third-order valence-corrected chi connectivity index (χ3v) is 6.80. The van der Waals surface area contributed by atoms with Crippen LogP contribution in [-0.4, -0.2) is 15.9 Å². The number of nitrogens with one attached hydrogen (secondary N) is 1. The highest BCUT2D eigenvalue weighted by Gasteiger charge is 2.28. The van der Waals surface area contributed by atoms with Crippen LogP contribution in [0.4, 0.5) is 27.8 Å². The van der Waals surface area contributed by atoms with Crippen molar-refractivity contribution in [3.63, 3.8) is 0 Å². The van der Waals surface area contributed by atoms with Crippen molar-refractivity contribution in [2.24, 2.45) is 5.92 Å². The number of nitrogens with zero attached hydrogens (tertiary/aromatic N) is 2. The second-order valence-corrected chi connectivity index (χ2v) is 9.10. The first-order valence-electron chi connectivity index (χ1n) is 11.6. The minimum atomic E-state index is -2.26. The topological polar surface area (TPSA) is 54.9 Å². The number of amides is 1. The minimum Gasteiger partial charge on any atom is -0.309 e. The van der Waals surface area contributed by atoms with Gasteiger partial charge >= 0.3 is 0 Å². The van der Waals surface area contributed by atoms with Crippen molar-refractivity contribution in [2.75, 3.05) is 5.32 Å². The molecule has 9 heteroatoms. The molecule has 0 saturated heterocycles. The predicted molar refractivity (Wildman–Crippen MR) is 119 cm³/mol. The maximum Gasteiger partial charge on any atom is 0.230 e. The summed E-state index contributed by atoms with van der Waals surface area (Å²) in [7, 11) is 0. The Morgan fingerprint density at radius 2 is 1.54 bits per heavy atom. The third kappa shape index (κ3) is 4.39. The molecular formula is C26H22F5N3O. The Balaban J connectivity index is 1.48. The monoisotopic (exact) mass is 487 g/mol. The van der Waals surface area contributed by atoms with Crippen molar-refractivity contribution in [1.82, 2.24) is 9.97 Å². The van der Waals surface area contributed by atoms with Crippen LogP contribution < -0.4 is 5.32 Å². The Morgan fingerprint density at radius 1 is 0.886 bits per heavy atom. The SMILES string of the molecule is O=C(Cc1c(F)c(F)c(F)c(F)c1F)Nc1nc2c(nc1CC1CCCC1)-c1ccccc1CC2. The molecule has 1 fully saturated rings. The summed E-state index contributed by atoms with van der Waals surface area (Å²) >= 11 is 0. The maximum absolute atomic E-state index is 14.1. The zero-order valence-corrected chi connectivity index (χ0v) is 18.7. The fourth-order valence-electron chi connectivity index (χ4n) is 4.99. The molecule has 35 heavy (non-hydrogen) atoms. The molecule has 0 radical (unpaired) electrons. The number of aryl methyl sites for hydroxylation is 2. The first-order chi connectivity index (χ1) is 16.8. The summed E-state index contributed by atoms with van der Waals surface area (Å²) in [6, 6.07) is 7.90. The first kappa shape index (κ1) is 23.4. The van der Waals surface area contributed by atoms with Gasteiger partial charge in [0.25, 0.3) is 0 Å². The van der Waals surface area contributed by atoms with E-state index in [1.807, 2.05) is 24.3 Å². The molecule has 0 bridgehead atoms. The maximum atomic E-state index is 14.1. The predicted octanol–water partition coefficient (Wildman–Crippen LogP) is 5.85. The zero-order valence-electron chi connectivity index (χ0n) is 18.7. The molecule has 1 heterocycles. The number of aromatic nitrogens is 2. The number of anilines is 1. The highest BCUT2D eigenvalue weighted by molar-refractivity contribution is 5.92. The van der Waals surface area contributed by atoms with E-state index >= 15 is 0 Å². The fraction of sp³-hybridized carbons (Fsp3) is 0.346. The van der Waals surface area contributed by atoms with Crippen LogP contribution in [0.3, 0.4) is 0 Å². The van der Waals surface area contributed by atoms with Gasteiger partial charge in [-0.2, -0.15) is 0 Å². The molecule has 3 aromatic rings. The lowest BCUT2D eigenvalue weighted by molar-refractivity contribution is -0.115. The van der Waals surface area contributed by atoms with Crippen molar-refractivity contribution in [1.29, 1.82) is 0 Å². The van der Waals surface area contributed by atoms with Gasteiger partial charge in [0.15, 0.2) is 29.1 Å². The quantitative estimate of drug-likeness (QED) is 0.279. The van der Waals surface area contributed by atoms with Crippen LogP contribution in [-0.2, 0) is 30.5 Å². The van der Waals surface area contributed by atoms with Gasteiger partial charge in [-0.25, -0.2) is 31.9 Å². The lowest BCUT2D eigenvalue weighted by atomic mass is 9.91. The second-order valence-electron chi connectivity index (χ2n) is 9.10. The molecule has 0 aliphatic heterocycles. The van der Waals surface area contributed by atoms with Gasteiger partial charge in [0, 0.05) is 11.1 Å². The van der Waals surface area contributed by atoms with E-state index in [2.05, 4.69) is 10.3 Å². The first-order valence-corrected chi connectivity index (χ1v) is 11.6. The highest BCUT2D eigenvalue weighted by atomic mass is 19.2. The van der Waals surface area contributed by atoms with Crippen molar-refractivity contribution >= 4 is 11.7 Å². The molecule has 1 N–H and O–H groups in total. The van der Waals surface area contributed by atoms with E-state index in [0.717, 1.165) is 48.9 Å². The van der Waals surface area contributed by atoms with Crippen LogP contribution in [0.15, 0.2) is 24.3 Å². The van der Waals surface area contributed by atoms with Crippen molar-refractivity contribution < 1.29 is 26.7 Å². The molecule has 4 nitrogen and oxygen atoms in total. The Hall–Kier alpha value is -3.36. The van der Waals surface area contributed by atoms with Gasteiger partial charge in [-0.1, -0.05) is 49.9 Å². The summed E-state index contributed by atoms with van der Waals surface area (Å²) in [5.74, 6) is -10.9. The third-order valence-electron chi connectivity index (χ3n) is 6.80. The number of carbonyl (C=O) groups is 1. The average Bonchev–Trinajstić information content (AvgIpc) is 3.38. The van der Waals surface area contributed by atoms with E-state index in [1.165, 1.54) is 0 Å². The Labute approximate surface area is 198 Å². The summed E-state index contributed by atoms with van der Waals surface area (Å²) in [6.45, 7) is 0. The number of fused-ring (bicyclic) bond motifs is 3. The lowest BCUT2D eigenvalue weighted by Gasteiger charge is -2.22. The summed E-state index contributed by atoms with van der Waals surface area (Å²) < 4.78 is 68.7. The van der Waals surface area contributed by atoms with Crippen LogP contribution in [0.2, 0.25) is 0 Å². The van der Waals surface area contributed by atoms with E-state index < -0.39 is 47.0 Å². The number of rotatable bonds is 5. The Bertz CT molecular complexity index is 1290. The molecule has 0 spiro atoms. The smallest absolute Gasteiger partial charge is 0.230 e. The van der Waals surface area contributed by atoms with Gasteiger partial charge < -0.3 is 5.32 Å². The van der Waals surface area contributed by atoms with Gasteiger partial charge in [-0.05, 0) is 30.7 Å². The van der Waals surface area contributed by atoms with Crippen LogP contribution in [0, 0.1) is 35.0 Å². The molecule has 1 amide bonds. The van der Waals surface area contributed by atoms with Crippen LogP contribution in [0.25, 0.3) is 11.3 Å². The number of hydrogen-bond donors (Lipinski definition) is 1. The lowest BCUT2D eigenvalue weighted by Crippen LogP contribution is -2.22. The van der Waals surface area contributed by atoms with E-state index in [0.29, 0.717) is 30.1 Å². The molecule has 0 unspecified atom stereocenters. The Morgan fingerprint density at radius 3 is 2.26 bits per heavy atom. The van der Waals surface area contributed by atoms with Gasteiger partial charge in [0.1, 0.15) is 0 Å². The molecule has 2 aliphatic carbocycles. The second kappa shape index (κ2) is 9.36. The zero-order chi connectivity index (χ0) is 24.7. The van der Waals surface area contributed by atoms with Crippen LogP contribution in [0.5, 0.6) is 0 Å². The van der Waals surface area contributed by atoms with E-state index in [-0.39, 0.29) is 5.82 Å². The molecule has 182 valence electrons. The summed E-state index contributed by atoms with van der Waals surface area (Å²) in [5, 5.41) is 2.53. The van der Waals surface area contributed by atoms with Crippen molar-refractivity contribution in [2.45, 2.75) is 51.4 Å². The van der Waals surface area contributed by atoms with Gasteiger partial charge in [-0.15, -0.1) is 0 Å². The molecule has 2 aliphatic rings. The fourth-order valence-corrected chi connectivity index (χ4v) is 4.99. The number of hydrogen-bond acceptors (Lipinski definition) is 3. The molecule has 2 aromatic carbocycles. The summed E-state index contributed by atoms with van der Waals surface area (Å²) in [5.41, 5.74) is 2.94. The van der Waals surface area contributed by atoms with E-state index in [9.17, 15) is 26.7 Å². The number of halogens is 5. The normalized spacial score (nSPS) is 15.1. The largest absolute Gasteiger partial charge is 0.309 e. The van der Waals surface area contributed by atoms with E-state index in [4.69, 9.17) is 4.98 Å². The minimum absolute atomic E-state index is 0.170. The van der Waals surface area contributed by atoms with Crippen molar-refractivity contribution in [3.05, 3.63) is 75.9 Å². The van der Waals surface area contributed by atoms with Gasteiger partial charge in [0.2, 0.25) is 11.7 Å². The summed E-state index contributed by atoms with van der Waals surface area (Å²) in [4.78, 5) is 22.2. The standard InChI is InChI=1S/C26H22F5N3O/c27-20-16(21(28)23(30)24(31)22(20)29)12-19(35)34-26-18(11-13-5-1-2-6-13)32-25-15-8-4-3-7-14(15)9-10-17(25)33-26/h3-4,7-8,13H,1-2,5-6,9-12H2,(H,33,34,35). The molecule has 1 saturated carbocycles. The summed E-state index contributed by atoms with van der Waals surface area (Å²) in [6.07, 6.45) is 5.14. The number of carbonyl (C=O) groups excluding carboxylic acids is 1. The molecule has 5 rings (SSSR count). The molecule has 1 aromatic heterocycles.